The lowest BCUT2D eigenvalue weighted by Gasteiger charge is -2.44. The Kier molecular flexibility index (Phi) is 5.62. The van der Waals surface area contributed by atoms with E-state index in [0.717, 1.165) is 30.9 Å². The van der Waals surface area contributed by atoms with Gasteiger partial charge in [-0.25, -0.2) is 0 Å². The van der Waals surface area contributed by atoms with Crippen LogP contribution in [0, 0.1) is 12.8 Å². The summed E-state index contributed by atoms with van der Waals surface area (Å²) in [4.78, 5) is 5.29. The van der Waals surface area contributed by atoms with Crippen LogP contribution in [0.3, 0.4) is 0 Å². The van der Waals surface area contributed by atoms with E-state index in [1.807, 2.05) is 0 Å². The van der Waals surface area contributed by atoms with Crippen molar-refractivity contribution in [2.45, 2.75) is 64.5 Å². The maximum absolute atomic E-state index is 6.31. The van der Waals surface area contributed by atoms with E-state index in [4.69, 9.17) is 4.74 Å². The van der Waals surface area contributed by atoms with Crippen LogP contribution in [0.25, 0.3) is 0 Å². The van der Waals surface area contributed by atoms with E-state index in [1.165, 1.54) is 82.3 Å². The van der Waals surface area contributed by atoms with E-state index in [1.54, 1.807) is 0 Å². The first-order valence-electron chi connectivity index (χ1n) is 10.5. The summed E-state index contributed by atoms with van der Waals surface area (Å²) in [6.07, 6.45) is 9.58. The summed E-state index contributed by atoms with van der Waals surface area (Å²) in [5, 5.41) is 0. The number of rotatable bonds is 5. The minimum absolute atomic E-state index is 0.720. The van der Waals surface area contributed by atoms with Gasteiger partial charge in [0.05, 0.1) is 6.61 Å². The molecular weight excluding hydrogens is 308 g/mol. The van der Waals surface area contributed by atoms with Crippen molar-refractivity contribution in [3.8, 4) is 5.75 Å². The largest absolute Gasteiger partial charge is 0.493 e. The second-order valence-electron chi connectivity index (χ2n) is 8.40. The Labute approximate surface area is 153 Å². The van der Waals surface area contributed by atoms with Gasteiger partial charge in [-0.05, 0) is 88.8 Å². The topological polar surface area (TPSA) is 15.7 Å². The molecular formula is C22H34N2O. The molecule has 3 fully saturated rings. The third-order valence-electron chi connectivity index (χ3n) is 6.53. The molecule has 0 N–H and O–H groups in total. The Balaban J connectivity index is 1.34. The first kappa shape index (κ1) is 17.4. The van der Waals surface area contributed by atoms with Crippen LogP contribution in [0.2, 0.25) is 0 Å². The monoisotopic (exact) mass is 342 g/mol. The molecule has 3 heteroatoms. The number of likely N-dealkylation sites (tertiary alicyclic amines) is 1. The summed E-state index contributed by atoms with van der Waals surface area (Å²) in [7, 11) is 0. The van der Waals surface area contributed by atoms with Crippen LogP contribution in [0.4, 0.5) is 0 Å². The van der Waals surface area contributed by atoms with E-state index < -0.39 is 0 Å². The number of hydrogen-bond acceptors (Lipinski definition) is 3. The van der Waals surface area contributed by atoms with E-state index in [-0.39, 0.29) is 0 Å². The molecule has 0 unspecified atom stereocenters. The highest BCUT2D eigenvalue weighted by atomic mass is 16.5. The highest BCUT2D eigenvalue weighted by Crippen LogP contribution is 2.32. The number of ether oxygens (including phenoxy) is 1. The van der Waals surface area contributed by atoms with Crippen molar-refractivity contribution in [1.29, 1.82) is 0 Å². The molecule has 0 spiro atoms. The molecule has 0 radical (unpaired) electrons. The van der Waals surface area contributed by atoms with Gasteiger partial charge in [-0.2, -0.15) is 0 Å². The van der Waals surface area contributed by atoms with Gasteiger partial charge in [-0.1, -0.05) is 18.6 Å². The van der Waals surface area contributed by atoms with Crippen molar-refractivity contribution in [3.63, 3.8) is 0 Å². The number of piperidine rings is 2. The molecule has 138 valence electrons. The summed E-state index contributed by atoms with van der Waals surface area (Å²) in [5.41, 5.74) is 2.73. The Morgan fingerprint density at radius 3 is 2.60 bits per heavy atom. The quantitative estimate of drug-likeness (QED) is 0.796. The van der Waals surface area contributed by atoms with Crippen molar-refractivity contribution < 1.29 is 4.74 Å². The fourth-order valence-corrected chi connectivity index (χ4v) is 5.14. The summed E-state index contributed by atoms with van der Waals surface area (Å²) in [6.45, 7) is 9.34. The zero-order valence-corrected chi connectivity index (χ0v) is 15.9. The van der Waals surface area contributed by atoms with Gasteiger partial charge in [0, 0.05) is 18.5 Å². The standard InChI is InChI=1S/C22H34N2O/c1-18-15-19(16-23-11-4-5-12-23)9-10-22(18)25-17-20-7-6-14-24-13-3-2-8-21(20)24/h9-10,15,20-21H,2-8,11-14,16-17H2,1H3/t20-,21+/m0/s1. The van der Waals surface area contributed by atoms with Crippen LogP contribution in [0.1, 0.15) is 56.1 Å². The second kappa shape index (κ2) is 8.09. The zero-order valence-electron chi connectivity index (χ0n) is 15.9. The number of fused-ring (bicyclic) bond motifs is 1. The average Bonchev–Trinajstić information content (AvgIpc) is 3.14. The molecule has 3 heterocycles. The van der Waals surface area contributed by atoms with Gasteiger partial charge in [-0.3, -0.25) is 9.80 Å². The summed E-state index contributed by atoms with van der Waals surface area (Å²) < 4.78 is 6.31. The smallest absolute Gasteiger partial charge is 0.122 e. The minimum atomic E-state index is 0.720. The SMILES string of the molecule is Cc1cc(CN2CCCC2)ccc1OC[C@@H]1CCCN2CCCC[C@H]12. The fraction of sp³-hybridized carbons (Fsp3) is 0.727. The lowest BCUT2D eigenvalue weighted by Crippen LogP contribution is -2.49. The predicted molar refractivity (Wildman–Crippen MR) is 103 cm³/mol. The maximum atomic E-state index is 6.31. The van der Waals surface area contributed by atoms with E-state index in [0.29, 0.717) is 0 Å². The lowest BCUT2D eigenvalue weighted by molar-refractivity contribution is 0.0365. The van der Waals surface area contributed by atoms with Gasteiger partial charge in [-0.15, -0.1) is 0 Å². The van der Waals surface area contributed by atoms with Crippen LogP contribution in [0.15, 0.2) is 18.2 Å². The van der Waals surface area contributed by atoms with Gasteiger partial charge in [0.2, 0.25) is 0 Å². The molecule has 3 aliphatic heterocycles. The molecule has 1 aromatic rings. The second-order valence-corrected chi connectivity index (χ2v) is 8.40. The van der Waals surface area contributed by atoms with E-state index in [2.05, 4.69) is 34.9 Å². The Morgan fingerprint density at radius 2 is 1.76 bits per heavy atom. The predicted octanol–water partition coefficient (Wildman–Crippen LogP) is 4.23. The van der Waals surface area contributed by atoms with Crippen LogP contribution in [-0.2, 0) is 6.54 Å². The number of benzene rings is 1. The summed E-state index contributed by atoms with van der Waals surface area (Å²) in [5.74, 6) is 1.82. The van der Waals surface area contributed by atoms with E-state index >= 15 is 0 Å². The number of nitrogens with zero attached hydrogens (tertiary/aromatic N) is 2. The molecule has 3 aliphatic rings. The van der Waals surface area contributed by atoms with Gasteiger partial charge in [0.25, 0.3) is 0 Å². The Morgan fingerprint density at radius 1 is 0.960 bits per heavy atom. The van der Waals surface area contributed by atoms with Crippen molar-refractivity contribution in [3.05, 3.63) is 29.3 Å². The molecule has 1 aromatic carbocycles. The molecule has 0 amide bonds. The summed E-state index contributed by atoms with van der Waals surface area (Å²) >= 11 is 0. The van der Waals surface area contributed by atoms with Gasteiger partial charge in [0.1, 0.15) is 5.75 Å². The molecule has 4 rings (SSSR count). The first-order chi connectivity index (χ1) is 12.3. The maximum Gasteiger partial charge on any atom is 0.122 e. The Bertz CT molecular complexity index is 565. The fourth-order valence-electron chi connectivity index (χ4n) is 5.14. The van der Waals surface area contributed by atoms with Gasteiger partial charge < -0.3 is 4.74 Å². The van der Waals surface area contributed by atoms with Crippen LogP contribution in [0.5, 0.6) is 5.75 Å². The molecule has 3 nitrogen and oxygen atoms in total. The Hall–Kier alpha value is -1.06. The third kappa shape index (κ3) is 4.20. The van der Waals surface area contributed by atoms with Crippen molar-refractivity contribution in [2.24, 2.45) is 5.92 Å². The average molecular weight is 343 g/mol. The molecule has 0 saturated carbocycles. The molecule has 25 heavy (non-hydrogen) atoms. The minimum Gasteiger partial charge on any atom is -0.493 e. The normalized spacial score (nSPS) is 28.0. The first-order valence-corrected chi connectivity index (χ1v) is 10.5. The van der Waals surface area contributed by atoms with Crippen LogP contribution in [-0.4, -0.2) is 48.6 Å². The van der Waals surface area contributed by atoms with E-state index in [9.17, 15) is 0 Å². The third-order valence-corrected chi connectivity index (χ3v) is 6.53. The van der Waals surface area contributed by atoms with Crippen molar-refractivity contribution in [2.75, 3.05) is 32.8 Å². The number of aryl methyl sites for hydroxylation is 1. The molecule has 0 aromatic heterocycles. The van der Waals surface area contributed by atoms with Crippen molar-refractivity contribution >= 4 is 0 Å². The van der Waals surface area contributed by atoms with Gasteiger partial charge in [0.15, 0.2) is 0 Å². The molecule has 2 atom stereocenters. The number of hydrogen-bond donors (Lipinski definition) is 0. The van der Waals surface area contributed by atoms with Crippen LogP contribution >= 0.6 is 0 Å². The lowest BCUT2D eigenvalue weighted by atomic mass is 9.84. The van der Waals surface area contributed by atoms with Crippen molar-refractivity contribution in [1.82, 2.24) is 9.80 Å². The molecule has 0 bridgehead atoms. The van der Waals surface area contributed by atoms with Gasteiger partial charge >= 0.3 is 0 Å². The molecule has 3 saturated heterocycles. The highest BCUT2D eigenvalue weighted by molar-refractivity contribution is 5.36. The highest BCUT2D eigenvalue weighted by Gasteiger charge is 2.33. The summed E-state index contributed by atoms with van der Waals surface area (Å²) in [6, 6.07) is 7.59. The van der Waals surface area contributed by atoms with Crippen LogP contribution < -0.4 is 4.74 Å². The molecule has 0 aliphatic carbocycles. The zero-order chi connectivity index (χ0) is 17.1.